The van der Waals surface area contributed by atoms with Crippen molar-refractivity contribution in [2.45, 2.75) is 12.0 Å². The molecular formula is C8H13NO3. The summed E-state index contributed by atoms with van der Waals surface area (Å²) in [5.41, 5.74) is -0.192. The highest BCUT2D eigenvalue weighted by Gasteiger charge is 2.41. The first-order valence-corrected chi connectivity index (χ1v) is 4.18. The van der Waals surface area contributed by atoms with Gasteiger partial charge in [0.05, 0.1) is 13.2 Å². The molecule has 0 aliphatic carbocycles. The molecule has 0 aromatic rings. The van der Waals surface area contributed by atoms with Gasteiger partial charge in [0.25, 0.3) is 0 Å². The fourth-order valence-corrected chi connectivity index (χ4v) is 1.72. The number of ether oxygens (including phenoxy) is 2. The van der Waals surface area contributed by atoms with E-state index in [1.807, 2.05) is 7.05 Å². The lowest BCUT2D eigenvalue weighted by Gasteiger charge is -2.37. The molecule has 0 bridgehead atoms. The highest BCUT2D eigenvalue weighted by atomic mass is 16.6. The Kier molecular flexibility index (Phi) is 1.81. The van der Waals surface area contributed by atoms with Gasteiger partial charge in [-0.1, -0.05) is 0 Å². The van der Waals surface area contributed by atoms with E-state index in [0.29, 0.717) is 13.2 Å². The van der Waals surface area contributed by atoms with Gasteiger partial charge in [-0.3, -0.25) is 4.79 Å². The summed E-state index contributed by atoms with van der Waals surface area (Å²) in [7, 11) is 1.81. The molecule has 0 saturated carbocycles. The van der Waals surface area contributed by atoms with E-state index in [0.717, 1.165) is 13.0 Å². The lowest BCUT2D eigenvalue weighted by molar-refractivity contribution is -0.160. The summed E-state index contributed by atoms with van der Waals surface area (Å²) in [5.74, 6) is 0.0625. The maximum Gasteiger partial charge on any atom is 0.248 e. The second-order valence-corrected chi connectivity index (χ2v) is 3.52. The van der Waals surface area contributed by atoms with Crippen molar-refractivity contribution < 1.29 is 14.3 Å². The van der Waals surface area contributed by atoms with Crippen LogP contribution >= 0.6 is 0 Å². The first kappa shape index (κ1) is 8.01. The van der Waals surface area contributed by atoms with Crippen LogP contribution in [0.5, 0.6) is 0 Å². The van der Waals surface area contributed by atoms with Crippen molar-refractivity contribution in [1.82, 2.24) is 4.90 Å². The number of likely N-dealkylation sites (N-methyl/N-ethyl adjacent to an activating group) is 1. The smallest absolute Gasteiger partial charge is 0.248 e. The summed E-state index contributed by atoms with van der Waals surface area (Å²) in [5, 5.41) is 0. The number of nitrogens with zero attached hydrogens (tertiary/aromatic N) is 1. The highest BCUT2D eigenvalue weighted by Crippen LogP contribution is 2.26. The van der Waals surface area contributed by atoms with Gasteiger partial charge in [0.15, 0.2) is 0 Å². The Morgan fingerprint density at radius 3 is 3.00 bits per heavy atom. The molecule has 4 nitrogen and oxygen atoms in total. The van der Waals surface area contributed by atoms with E-state index in [-0.39, 0.29) is 18.1 Å². The molecule has 12 heavy (non-hydrogen) atoms. The molecule has 2 saturated heterocycles. The normalized spacial score (nSPS) is 36.4. The SMILES string of the molecule is CN1C[C@@]2(CCOC2)OCC1=O. The van der Waals surface area contributed by atoms with Crippen LogP contribution in [0.2, 0.25) is 0 Å². The van der Waals surface area contributed by atoms with E-state index in [9.17, 15) is 4.79 Å². The molecule has 68 valence electrons. The largest absolute Gasteiger partial charge is 0.378 e. The Morgan fingerprint density at radius 2 is 2.42 bits per heavy atom. The molecule has 2 aliphatic rings. The number of hydrogen-bond donors (Lipinski definition) is 0. The van der Waals surface area contributed by atoms with Crippen LogP contribution in [0, 0.1) is 0 Å². The maximum atomic E-state index is 11.1. The molecule has 0 aromatic heterocycles. The maximum absolute atomic E-state index is 11.1. The zero-order valence-electron chi connectivity index (χ0n) is 7.21. The average Bonchev–Trinajstić information content (AvgIpc) is 2.47. The third kappa shape index (κ3) is 1.21. The summed E-state index contributed by atoms with van der Waals surface area (Å²) in [4.78, 5) is 12.8. The fraction of sp³-hybridized carbons (Fsp3) is 0.875. The minimum Gasteiger partial charge on any atom is -0.378 e. The molecule has 1 atom stereocenters. The monoisotopic (exact) mass is 171 g/mol. The fourth-order valence-electron chi connectivity index (χ4n) is 1.72. The highest BCUT2D eigenvalue weighted by molar-refractivity contribution is 5.78. The Hall–Kier alpha value is -0.610. The Balaban J connectivity index is 2.05. The van der Waals surface area contributed by atoms with Crippen molar-refractivity contribution in [1.29, 1.82) is 0 Å². The molecule has 1 amide bonds. The minimum absolute atomic E-state index is 0.0625. The van der Waals surface area contributed by atoms with Crippen molar-refractivity contribution in [2.24, 2.45) is 0 Å². The van der Waals surface area contributed by atoms with E-state index in [1.54, 1.807) is 4.90 Å². The van der Waals surface area contributed by atoms with Gasteiger partial charge < -0.3 is 14.4 Å². The number of amides is 1. The third-order valence-electron chi connectivity index (χ3n) is 2.52. The molecule has 4 heteroatoms. The van der Waals surface area contributed by atoms with Crippen LogP contribution in [0.1, 0.15) is 6.42 Å². The predicted molar refractivity (Wildman–Crippen MR) is 41.8 cm³/mol. The van der Waals surface area contributed by atoms with Crippen molar-refractivity contribution in [3.8, 4) is 0 Å². The van der Waals surface area contributed by atoms with E-state index < -0.39 is 0 Å². The van der Waals surface area contributed by atoms with Gasteiger partial charge in [-0.2, -0.15) is 0 Å². The molecule has 0 radical (unpaired) electrons. The second-order valence-electron chi connectivity index (χ2n) is 3.52. The lowest BCUT2D eigenvalue weighted by atomic mass is 10.0. The van der Waals surface area contributed by atoms with Crippen LogP contribution in [0.25, 0.3) is 0 Å². The number of morpholine rings is 1. The van der Waals surface area contributed by atoms with Crippen molar-refractivity contribution in [3.63, 3.8) is 0 Å². The summed E-state index contributed by atoms with van der Waals surface area (Å²) < 4.78 is 10.8. The van der Waals surface area contributed by atoms with Crippen LogP contribution in [0.3, 0.4) is 0 Å². The minimum atomic E-state index is -0.192. The van der Waals surface area contributed by atoms with Gasteiger partial charge in [0, 0.05) is 20.1 Å². The molecule has 2 aliphatic heterocycles. The molecule has 0 unspecified atom stereocenters. The van der Waals surface area contributed by atoms with Gasteiger partial charge in [0.1, 0.15) is 12.2 Å². The molecule has 2 fully saturated rings. The molecular weight excluding hydrogens is 158 g/mol. The standard InChI is InChI=1S/C8H13NO3/c1-9-5-8(2-3-11-6-8)12-4-7(9)10/h2-6H2,1H3/t8-/m1/s1. The van der Waals surface area contributed by atoms with Crippen LogP contribution in [0.4, 0.5) is 0 Å². The number of carbonyl (C=O) groups excluding carboxylic acids is 1. The molecule has 0 N–H and O–H groups in total. The van der Waals surface area contributed by atoms with Gasteiger partial charge in [0.2, 0.25) is 5.91 Å². The first-order chi connectivity index (χ1) is 5.72. The topological polar surface area (TPSA) is 38.8 Å². The number of rotatable bonds is 0. The first-order valence-electron chi connectivity index (χ1n) is 4.18. The van der Waals surface area contributed by atoms with Crippen molar-refractivity contribution in [3.05, 3.63) is 0 Å². The Labute approximate surface area is 71.4 Å². The molecule has 2 rings (SSSR count). The van der Waals surface area contributed by atoms with E-state index in [2.05, 4.69) is 0 Å². The number of carbonyl (C=O) groups is 1. The summed E-state index contributed by atoms with van der Waals surface area (Å²) >= 11 is 0. The Morgan fingerprint density at radius 1 is 1.58 bits per heavy atom. The van der Waals surface area contributed by atoms with E-state index >= 15 is 0 Å². The van der Waals surface area contributed by atoms with Gasteiger partial charge in [-0.25, -0.2) is 0 Å². The van der Waals surface area contributed by atoms with Gasteiger partial charge >= 0.3 is 0 Å². The zero-order valence-corrected chi connectivity index (χ0v) is 7.21. The van der Waals surface area contributed by atoms with Crippen LogP contribution in [0.15, 0.2) is 0 Å². The van der Waals surface area contributed by atoms with Crippen LogP contribution < -0.4 is 0 Å². The van der Waals surface area contributed by atoms with Crippen molar-refractivity contribution >= 4 is 5.91 Å². The van der Waals surface area contributed by atoms with Gasteiger partial charge in [-0.05, 0) is 0 Å². The van der Waals surface area contributed by atoms with Crippen LogP contribution in [-0.4, -0.2) is 49.8 Å². The predicted octanol–water partition coefficient (Wildman–Crippen LogP) is -0.366. The van der Waals surface area contributed by atoms with Crippen LogP contribution in [-0.2, 0) is 14.3 Å². The quantitative estimate of drug-likeness (QED) is 0.499. The zero-order chi connectivity index (χ0) is 8.60. The van der Waals surface area contributed by atoms with Gasteiger partial charge in [-0.15, -0.1) is 0 Å². The third-order valence-corrected chi connectivity index (χ3v) is 2.52. The van der Waals surface area contributed by atoms with E-state index in [4.69, 9.17) is 9.47 Å². The lowest BCUT2D eigenvalue weighted by Crippen LogP contribution is -2.53. The van der Waals surface area contributed by atoms with Crippen molar-refractivity contribution in [2.75, 3.05) is 33.4 Å². The summed E-state index contributed by atoms with van der Waals surface area (Å²) in [6.07, 6.45) is 0.907. The molecule has 0 aromatic carbocycles. The average molecular weight is 171 g/mol. The Bertz CT molecular complexity index is 198. The molecule has 2 heterocycles. The summed E-state index contributed by atoms with van der Waals surface area (Å²) in [6.45, 7) is 2.26. The number of hydrogen-bond acceptors (Lipinski definition) is 3. The van der Waals surface area contributed by atoms with E-state index in [1.165, 1.54) is 0 Å². The second kappa shape index (κ2) is 2.71. The summed E-state index contributed by atoms with van der Waals surface area (Å²) in [6, 6.07) is 0. The molecule has 1 spiro atoms.